The van der Waals surface area contributed by atoms with Crippen molar-refractivity contribution in [2.45, 2.75) is 38.1 Å². The number of nitrogens with two attached hydrogens (primary N) is 1. The lowest BCUT2D eigenvalue weighted by molar-refractivity contribution is -0.149. The van der Waals surface area contributed by atoms with E-state index >= 15 is 0 Å². The van der Waals surface area contributed by atoms with Gasteiger partial charge >= 0.3 is 5.97 Å². The summed E-state index contributed by atoms with van der Waals surface area (Å²) in [6, 6.07) is 0.343. The van der Waals surface area contributed by atoms with E-state index in [1.54, 1.807) is 0 Å². The standard InChI is InChI=1S/C10H17NO2/c1-13-9(12)6-7-5-8(11)10(7)3-2-4-10/h7-8H,2-6,11H2,1H3/t7-,8-/m0/s1. The Kier molecular flexibility index (Phi) is 2.06. The molecule has 0 heterocycles. The summed E-state index contributed by atoms with van der Waals surface area (Å²) in [4.78, 5) is 11.1. The molecule has 1 spiro atoms. The summed E-state index contributed by atoms with van der Waals surface area (Å²) in [5.41, 5.74) is 6.30. The lowest BCUT2D eigenvalue weighted by Gasteiger charge is -2.60. The third-order valence-corrected chi connectivity index (χ3v) is 4.02. The van der Waals surface area contributed by atoms with E-state index in [9.17, 15) is 4.79 Å². The third kappa shape index (κ3) is 1.17. The SMILES string of the molecule is COC(=O)C[C@@H]1C[C@H](N)C12CCC2. The number of hydrogen-bond donors (Lipinski definition) is 1. The highest BCUT2D eigenvalue weighted by Gasteiger charge is 2.56. The number of methoxy groups -OCH3 is 1. The second-order valence-electron chi connectivity index (χ2n) is 4.41. The first-order valence-corrected chi connectivity index (χ1v) is 5.01. The van der Waals surface area contributed by atoms with Gasteiger partial charge in [0.2, 0.25) is 0 Å². The number of carbonyl (C=O) groups is 1. The Morgan fingerprint density at radius 1 is 1.62 bits per heavy atom. The van der Waals surface area contributed by atoms with E-state index in [4.69, 9.17) is 5.73 Å². The maximum atomic E-state index is 11.1. The maximum absolute atomic E-state index is 11.1. The Labute approximate surface area is 78.6 Å². The van der Waals surface area contributed by atoms with Crippen molar-refractivity contribution in [3.05, 3.63) is 0 Å². The number of esters is 1. The molecule has 3 heteroatoms. The van der Waals surface area contributed by atoms with Gasteiger partial charge in [-0.1, -0.05) is 6.42 Å². The van der Waals surface area contributed by atoms with Crippen LogP contribution in [0.5, 0.6) is 0 Å². The van der Waals surface area contributed by atoms with Crippen molar-refractivity contribution < 1.29 is 9.53 Å². The van der Waals surface area contributed by atoms with Gasteiger partial charge < -0.3 is 10.5 Å². The minimum absolute atomic E-state index is 0.0804. The molecule has 2 aliphatic rings. The molecule has 0 radical (unpaired) electrons. The number of hydrogen-bond acceptors (Lipinski definition) is 3. The van der Waals surface area contributed by atoms with Gasteiger partial charge in [0, 0.05) is 12.5 Å². The molecule has 0 amide bonds. The van der Waals surface area contributed by atoms with E-state index < -0.39 is 0 Å². The Hall–Kier alpha value is -0.570. The monoisotopic (exact) mass is 183 g/mol. The van der Waals surface area contributed by atoms with Crippen LogP contribution in [0, 0.1) is 11.3 Å². The summed E-state index contributed by atoms with van der Waals surface area (Å²) in [5.74, 6) is 0.423. The van der Waals surface area contributed by atoms with Crippen LogP contribution in [-0.4, -0.2) is 19.1 Å². The summed E-state index contributed by atoms with van der Waals surface area (Å²) < 4.78 is 4.67. The fourth-order valence-electron chi connectivity index (χ4n) is 2.85. The Balaban J connectivity index is 1.91. The quantitative estimate of drug-likeness (QED) is 0.651. The van der Waals surface area contributed by atoms with Crippen LogP contribution in [0.25, 0.3) is 0 Å². The predicted octanol–water partition coefficient (Wildman–Crippen LogP) is 1.07. The van der Waals surface area contributed by atoms with Gasteiger partial charge in [-0.05, 0) is 30.6 Å². The highest BCUT2D eigenvalue weighted by atomic mass is 16.5. The van der Waals surface area contributed by atoms with Gasteiger partial charge in [-0.2, -0.15) is 0 Å². The molecule has 2 fully saturated rings. The summed E-state index contributed by atoms with van der Waals surface area (Å²) in [6.07, 6.45) is 5.30. The van der Waals surface area contributed by atoms with Gasteiger partial charge in [0.1, 0.15) is 0 Å². The van der Waals surface area contributed by atoms with Crippen LogP contribution >= 0.6 is 0 Å². The molecule has 0 bridgehead atoms. The molecule has 0 unspecified atom stereocenters. The summed E-state index contributed by atoms with van der Waals surface area (Å²) >= 11 is 0. The molecule has 2 N–H and O–H groups in total. The molecular formula is C10H17NO2. The average molecular weight is 183 g/mol. The van der Waals surface area contributed by atoms with Crippen molar-refractivity contribution in [1.29, 1.82) is 0 Å². The zero-order valence-corrected chi connectivity index (χ0v) is 8.08. The van der Waals surface area contributed by atoms with E-state index in [1.165, 1.54) is 26.4 Å². The normalized spacial score (nSPS) is 34.9. The minimum Gasteiger partial charge on any atom is -0.469 e. The Bertz CT molecular complexity index is 223. The molecule has 0 aromatic carbocycles. The van der Waals surface area contributed by atoms with Crippen LogP contribution in [-0.2, 0) is 9.53 Å². The van der Waals surface area contributed by atoms with Crippen LogP contribution in [0.3, 0.4) is 0 Å². The molecule has 13 heavy (non-hydrogen) atoms. The smallest absolute Gasteiger partial charge is 0.305 e. The highest BCUT2D eigenvalue weighted by Crippen LogP contribution is 2.60. The maximum Gasteiger partial charge on any atom is 0.305 e. The van der Waals surface area contributed by atoms with Crippen molar-refractivity contribution in [3.63, 3.8) is 0 Å². The molecule has 2 atom stereocenters. The molecular weight excluding hydrogens is 166 g/mol. The first-order valence-electron chi connectivity index (χ1n) is 5.01. The van der Waals surface area contributed by atoms with Crippen molar-refractivity contribution >= 4 is 5.97 Å². The lowest BCUT2D eigenvalue weighted by atomic mass is 9.46. The molecule has 2 aliphatic carbocycles. The first kappa shape index (κ1) is 9.00. The van der Waals surface area contributed by atoms with Crippen LogP contribution in [0.4, 0.5) is 0 Å². The van der Waals surface area contributed by atoms with E-state index in [-0.39, 0.29) is 5.97 Å². The van der Waals surface area contributed by atoms with Gasteiger partial charge in [0.25, 0.3) is 0 Å². The van der Waals surface area contributed by atoms with Gasteiger partial charge in [-0.25, -0.2) is 0 Å². The van der Waals surface area contributed by atoms with Gasteiger partial charge in [-0.15, -0.1) is 0 Å². The summed E-state index contributed by atoms with van der Waals surface area (Å²) in [6.45, 7) is 0. The lowest BCUT2D eigenvalue weighted by Crippen LogP contribution is -2.61. The molecule has 74 valence electrons. The molecule has 0 saturated heterocycles. The minimum atomic E-state index is -0.0804. The van der Waals surface area contributed by atoms with Gasteiger partial charge in [0.15, 0.2) is 0 Å². The molecule has 0 aliphatic heterocycles. The summed E-state index contributed by atoms with van der Waals surface area (Å²) in [7, 11) is 1.45. The first-order chi connectivity index (χ1) is 6.19. The van der Waals surface area contributed by atoms with Crippen LogP contribution in [0.2, 0.25) is 0 Å². The fourth-order valence-corrected chi connectivity index (χ4v) is 2.85. The Morgan fingerprint density at radius 3 is 2.69 bits per heavy atom. The van der Waals surface area contributed by atoms with Crippen molar-refractivity contribution in [2.75, 3.05) is 7.11 Å². The zero-order valence-electron chi connectivity index (χ0n) is 8.08. The Morgan fingerprint density at radius 2 is 2.31 bits per heavy atom. The van der Waals surface area contributed by atoms with Crippen LogP contribution in [0.1, 0.15) is 32.1 Å². The van der Waals surface area contributed by atoms with E-state index in [0.717, 1.165) is 6.42 Å². The van der Waals surface area contributed by atoms with Crippen LogP contribution < -0.4 is 5.73 Å². The van der Waals surface area contributed by atoms with E-state index in [2.05, 4.69) is 4.74 Å². The topological polar surface area (TPSA) is 52.3 Å². The van der Waals surface area contributed by atoms with Crippen molar-refractivity contribution in [3.8, 4) is 0 Å². The number of carbonyl (C=O) groups excluding carboxylic acids is 1. The molecule has 0 aromatic rings. The number of rotatable bonds is 2. The second-order valence-corrected chi connectivity index (χ2v) is 4.41. The highest BCUT2D eigenvalue weighted by molar-refractivity contribution is 5.69. The van der Waals surface area contributed by atoms with Crippen molar-refractivity contribution in [2.24, 2.45) is 17.1 Å². The van der Waals surface area contributed by atoms with Crippen LogP contribution in [0.15, 0.2) is 0 Å². The average Bonchev–Trinajstić information content (AvgIpc) is 2.00. The second kappa shape index (κ2) is 2.98. The fraction of sp³-hybridized carbons (Fsp3) is 0.900. The molecule has 2 saturated carbocycles. The molecule has 3 nitrogen and oxygen atoms in total. The summed E-state index contributed by atoms with van der Waals surface area (Å²) in [5, 5.41) is 0. The van der Waals surface area contributed by atoms with Gasteiger partial charge in [0.05, 0.1) is 7.11 Å². The van der Waals surface area contributed by atoms with Gasteiger partial charge in [-0.3, -0.25) is 4.79 Å². The van der Waals surface area contributed by atoms with Crippen molar-refractivity contribution in [1.82, 2.24) is 0 Å². The predicted molar refractivity (Wildman–Crippen MR) is 49.0 cm³/mol. The molecule has 2 rings (SSSR count). The molecule has 0 aromatic heterocycles. The zero-order chi connectivity index (χ0) is 9.47. The number of ether oxygens (including phenoxy) is 1. The van der Waals surface area contributed by atoms with E-state index in [0.29, 0.717) is 23.8 Å². The van der Waals surface area contributed by atoms with E-state index in [1.807, 2.05) is 0 Å². The largest absolute Gasteiger partial charge is 0.469 e. The third-order valence-electron chi connectivity index (χ3n) is 4.02.